The Hall–Kier alpha value is -1.26. The first kappa shape index (κ1) is 14.2. The molecule has 2 rings (SSSR count). The number of ether oxygens (including phenoxy) is 1. The summed E-state index contributed by atoms with van der Waals surface area (Å²) in [6, 6.07) is 10.6. The van der Waals surface area contributed by atoms with Gasteiger partial charge in [0, 0.05) is 11.9 Å². The molecule has 1 heterocycles. The van der Waals surface area contributed by atoms with Crippen LogP contribution in [0.2, 0.25) is 0 Å². The van der Waals surface area contributed by atoms with Gasteiger partial charge in [-0.15, -0.1) is 0 Å². The molecule has 0 aliphatic heterocycles. The maximum atomic E-state index is 5.65. The summed E-state index contributed by atoms with van der Waals surface area (Å²) in [6.07, 6.45) is 3.55. The highest BCUT2D eigenvalue weighted by molar-refractivity contribution is 7.98. The maximum Gasteiger partial charge on any atom is 0.0924 e. The summed E-state index contributed by atoms with van der Waals surface area (Å²) in [6.45, 7) is 3.61. The Morgan fingerprint density at radius 2 is 2.16 bits per heavy atom. The lowest BCUT2D eigenvalue weighted by atomic mass is 10.2. The lowest BCUT2D eigenvalue weighted by molar-refractivity contribution is 0.0962. The molecule has 1 N–H and O–H groups in total. The number of H-pyrrole nitrogens is 1. The predicted molar refractivity (Wildman–Crippen MR) is 80.0 cm³/mol. The number of benzene rings is 1. The van der Waals surface area contributed by atoms with E-state index in [1.54, 1.807) is 6.33 Å². The summed E-state index contributed by atoms with van der Waals surface area (Å²) in [5, 5.41) is 0. The van der Waals surface area contributed by atoms with Crippen LogP contribution in [0.5, 0.6) is 0 Å². The first-order chi connectivity index (χ1) is 9.34. The molecular formula is C15H20N2OS. The zero-order chi connectivity index (χ0) is 13.3. The Bertz CT molecular complexity index is 444. The van der Waals surface area contributed by atoms with Gasteiger partial charge in [0.05, 0.1) is 25.2 Å². The molecule has 1 aromatic carbocycles. The first-order valence-electron chi connectivity index (χ1n) is 6.51. The highest BCUT2D eigenvalue weighted by atomic mass is 32.2. The number of nitrogens with zero attached hydrogens (tertiary/aromatic N) is 1. The van der Waals surface area contributed by atoms with Crippen molar-refractivity contribution >= 4 is 11.8 Å². The van der Waals surface area contributed by atoms with Crippen LogP contribution >= 0.6 is 11.8 Å². The van der Waals surface area contributed by atoms with Gasteiger partial charge in [-0.25, -0.2) is 4.98 Å². The summed E-state index contributed by atoms with van der Waals surface area (Å²) in [5.41, 5.74) is 2.35. The van der Waals surface area contributed by atoms with Crippen molar-refractivity contribution in [3.8, 4) is 0 Å². The number of aromatic amines is 1. The molecule has 0 aliphatic rings. The minimum atomic E-state index is 0.563. The molecule has 19 heavy (non-hydrogen) atoms. The molecule has 102 valence electrons. The average Bonchev–Trinajstić information content (AvgIpc) is 2.93. The molecule has 2 aromatic rings. The number of hydrogen-bond donors (Lipinski definition) is 1. The van der Waals surface area contributed by atoms with Gasteiger partial charge in [-0.1, -0.05) is 37.3 Å². The zero-order valence-corrected chi connectivity index (χ0v) is 12.0. The minimum Gasteiger partial charge on any atom is -0.375 e. The molecule has 0 spiro atoms. The van der Waals surface area contributed by atoms with Gasteiger partial charge in [-0.2, -0.15) is 11.8 Å². The second-order valence-electron chi connectivity index (χ2n) is 4.68. The number of rotatable bonds is 8. The summed E-state index contributed by atoms with van der Waals surface area (Å²) in [4.78, 5) is 7.05. The van der Waals surface area contributed by atoms with E-state index in [1.807, 2.05) is 18.0 Å². The van der Waals surface area contributed by atoms with Gasteiger partial charge in [0.25, 0.3) is 0 Å². The van der Waals surface area contributed by atoms with E-state index < -0.39 is 0 Å². The number of nitrogens with one attached hydrogen (secondary N) is 1. The van der Waals surface area contributed by atoms with Crippen molar-refractivity contribution in [3.63, 3.8) is 0 Å². The smallest absolute Gasteiger partial charge is 0.0924 e. The normalized spacial score (nSPS) is 12.5. The van der Waals surface area contributed by atoms with Crippen LogP contribution in [-0.2, 0) is 17.1 Å². The lowest BCUT2D eigenvalue weighted by Gasteiger charge is -2.11. The van der Waals surface area contributed by atoms with Crippen molar-refractivity contribution in [2.24, 2.45) is 5.92 Å². The van der Waals surface area contributed by atoms with Crippen molar-refractivity contribution < 1.29 is 4.74 Å². The molecule has 0 saturated carbocycles. The standard InChI is InChI=1S/C15H20N2OS/c1-13(8-18-9-15-7-16-12-17-15)10-19-11-14-5-3-2-4-6-14/h2-7,12-13H,8-11H2,1H3,(H,16,17). The number of hydrogen-bond acceptors (Lipinski definition) is 3. The Morgan fingerprint density at radius 1 is 1.32 bits per heavy atom. The molecule has 0 bridgehead atoms. The molecule has 0 radical (unpaired) electrons. The van der Waals surface area contributed by atoms with Crippen LogP contribution in [0.15, 0.2) is 42.9 Å². The van der Waals surface area contributed by atoms with Crippen LogP contribution in [0.4, 0.5) is 0 Å². The Balaban J connectivity index is 1.56. The third-order valence-corrected chi connectivity index (χ3v) is 4.06. The van der Waals surface area contributed by atoms with Crippen molar-refractivity contribution in [2.45, 2.75) is 19.3 Å². The van der Waals surface area contributed by atoms with Crippen LogP contribution in [0.1, 0.15) is 18.2 Å². The minimum absolute atomic E-state index is 0.563. The SMILES string of the molecule is CC(COCc1c[nH]cn1)CSCc1ccccc1. The quantitative estimate of drug-likeness (QED) is 0.802. The monoisotopic (exact) mass is 276 g/mol. The van der Waals surface area contributed by atoms with E-state index in [0.717, 1.165) is 23.8 Å². The van der Waals surface area contributed by atoms with Crippen LogP contribution < -0.4 is 0 Å². The molecule has 0 fully saturated rings. The highest BCUT2D eigenvalue weighted by Gasteiger charge is 2.04. The van der Waals surface area contributed by atoms with Crippen molar-refractivity contribution in [1.29, 1.82) is 0 Å². The van der Waals surface area contributed by atoms with Gasteiger partial charge in [-0.3, -0.25) is 0 Å². The van der Waals surface area contributed by atoms with Gasteiger partial charge < -0.3 is 9.72 Å². The summed E-state index contributed by atoms with van der Waals surface area (Å²) < 4.78 is 5.65. The van der Waals surface area contributed by atoms with Gasteiger partial charge in [0.1, 0.15) is 0 Å². The average molecular weight is 276 g/mol. The third kappa shape index (κ3) is 5.49. The zero-order valence-electron chi connectivity index (χ0n) is 11.2. The van der Waals surface area contributed by atoms with Crippen molar-refractivity contribution in [3.05, 3.63) is 54.1 Å². The van der Waals surface area contributed by atoms with E-state index in [1.165, 1.54) is 5.56 Å². The molecule has 1 unspecified atom stereocenters. The van der Waals surface area contributed by atoms with Gasteiger partial charge in [-0.05, 0) is 17.2 Å². The highest BCUT2D eigenvalue weighted by Crippen LogP contribution is 2.15. The maximum absolute atomic E-state index is 5.65. The van der Waals surface area contributed by atoms with E-state index >= 15 is 0 Å². The van der Waals surface area contributed by atoms with Crippen LogP contribution in [0.25, 0.3) is 0 Å². The van der Waals surface area contributed by atoms with E-state index in [0.29, 0.717) is 12.5 Å². The Morgan fingerprint density at radius 3 is 2.89 bits per heavy atom. The topological polar surface area (TPSA) is 37.9 Å². The van der Waals surface area contributed by atoms with Gasteiger partial charge in [0.15, 0.2) is 0 Å². The van der Waals surface area contributed by atoms with Crippen LogP contribution in [0.3, 0.4) is 0 Å². The van der Waals surface area contributed by atoms with Crippen molar-refractivity contribution in [1.82, 2.24) is 9.97 Å². The molecule has 0 amide bonds. The van der Waals surface area contributed by atoms with Gasteiger partial charge in [0.2, 0.25) is 0 Å². The second kappa shape index (κ2) is 8.02. The number of aromatic nitrogens is 2. The largest absolute Gasteiger partial charge is 0.375 e. The van der Waals surface area contributed by atoms with Gasteiger partial charge >= 0.3 is 0 Å². The van der Waals surface area contributed by atoms with Crippen LogP contribution in [0, 0.1) is 5.92 Å². The van der Waals surface area contributed by atoms with Crippen LogP contribution in [-0.4, -0.2) is 22.3 Å². The molecule has 1 aromatic heterocycles. The fourth-order valence-corrected chi connectivity index (χ4v) is 2.78. The fourth-order valence-electron chi connectivity index (χ4n) is 1.73. The summed E-state index contributed by atoms with van der Waals surface area (Å²) >= 11 is 1.96. The molecular weight excluding hydrogens is 256 g/mol. The lowest BCUT2D eigenvalue weighted by Crippen LogP contribution is -2.08. The molecule has 4 heteroatoms. The van der Waals surface area contributed by atoms with E-state index in [2.05, 4.69) is 47.2 Å². The van der Waals surface area contributed by atoms with E-state index in [-0.39, 0.29) is 0 Å². The molecule has 0 aliphatic carbocycles. The van der Waals surface area contributed by atoms with Crippen molar-refractivity contribution in [2.75, 3.05) is 12.4 Å². The Labute approximate surface area is 118 Å². The predicted octanol–water partition coefficient (Wildman–Crippen LogP) is 3.50. The number of thioether (sulfide) groups is 1. The molecule has 1 atom stereocenters. The fraction of sp³-hybridized carbons (Fsp3) is 0.400. The number of imidazole rings is 1. The summed E-state index contributed by atoms with van der Waals surface area (Å²) in [5.74, 6) is 2.76. The van der Waals surface area contributed by atoms with E-state index in [9.17, 15) is 0 Å². The first-order valence-corrected chi connectivity index (χ1v) is 7.67. The van der Waals surface area contributed by atoms with E-state index in [4.69, 9.17) is 4.74 Å². The second-order valence-corrected chi connectivity index (χ2v) is 5.71. The molecule has 3 nitrogen and oxygen atoms in total. The third-order valence-electron chi connectivity index (χ3n) is 2.72. The molecule has 0 saturated heterocycles. The Kier molecular flexibility index (Phi) is 5.98. The summed E-state index contributed by atoms with van der Waals surface area (Å²) in [7, 11) is 0.